The Balaban J connectivity index is 1.70. The fraction of sp³-hybridized carbons (Fsp3) is 0.316. The average Bonchev–Trinajstić information content (AvgIpc) is 2.61. The molecule has 1 aliphatic heterocycles. The first-order valence-corrected chi connectivity index (χ1v) is 10.1. The molecule has 1 saturated heterocycles. The molecule has 0 N–H and O–H groups in total. The first kappa shape index (κ1) is 17.5. The third-order valence-corrected chi connectivity index (χ3v) is 5.55. The third-order valence-electron chi connectivity index (χ3n) is 4.44. The molecule has 0 saturated carbocycles. The number of carbonyl (C=O) groups is 1. The summed E-state index contributed by atoms with van der Waals surface area (Å²) in [5.74, 6) is -0.116. The number of nitrogens with zero attached hydrogens (tertiary/aromatic N) is 2. The van der Waals surface area contributed by atoms with Crippen molar-refractivity contribution in [2.24, 2.45) is 0 Å². The largest absolute Gasteiger partial charge is 0.368 e. The van der Waals surface area contributed by atoms with Gasteiger partial charge in [0.15, 0.2) is 9.84 Å². The quantitative estimate of drug-likeness (QED) is 0.845. The predicted octanol–water partition coefficient (Wildman–Crippen LogP) is 2.36. The lowest BCUT2D eigenvalue weighted by Crippen LogP contribution is -2.48. The number of piperazine rings is 1. The van der Waals surface area contributed by atoms with Crippen molar-refractivity contribution < 1.29 is 13.2 Å². The smallest absolute Gasteiger partial charge is 0.254 e. The van der Waals surface area contributed by atoms with Gasteiger partial charge in [0.2, 0.25) is 0 Å². The number of aryl methyl sites for hydroxylation is 1. The zero-order chi connectivity index (χ0) is 18.0. The Labute approximate surface area is 148 Å². The summed E-state index contributed by atoms with van der Waals surface area (Å²) in [6, 6.07) is 14.6. The van der Waals surface area contributed by atoms with Crippen LogP contribution in [0, 0.1) is 6.92 Å². The number of sulfone groups is 1. The zero-order valence-corrected chi connectivity index (χ0v) is 15.3. The molecule has 6 heteroatoms. The minimum Gasteiger partial charge on any atom is -0.368 e. The molecule has 5 nitrogen and oxygen atoms in total. The van der Waals surface area contributed by atoms with Crippen LogP contribution in [0.4, 0.5) is 5.69 Å². The van der Waals surface area contributed by atoms with Crippen LogP contribution in [0.25, 0.3) is 0 Å². The molecule has 0 radical (unpaired) electrons. The molecular formula is C19H22N2O3S. The van der Waals surface area contributed by atoms with Crippen LogP contribution in [0.3, 0.4) is 0 Å². The van der Waals surface area contributed by atoms with E-state index in [9.17, 15) is 13.2 Å². The lowest BCUT2D eigenvalue weighted by molar-refractivity contribution is 0.0746. The Bertz CT molecular complexity index is 885. The van der Waals surface area contributed by atoms with E-state index in [0.29, 0.717) is 18.7 Å². The molecular weight excluding hydrogens is 336 g/mol. The molecule has 1 amide bonds. The van der Waals surface area contributed by atoms with E-state index in [4.69, 9.17) is 0 Å². The van der Waals surface area contributed by atoms with Crippen molar-refractivity contribution >= 4 is 21.4 Å². The van der Waals surface area contributed by atoms with E-state index in [0.717, 1.165) is 19.3 Å². The highest BCUT2D eigenvalue weighted by Crippen LogP contribution is 2.19. The number of carbonyl (C=O) groups excluding carboxylic acids is 1. The van der Waals surface area contributed by atoms with Crippen LogP contribution in [0.2, 0.25) is 0 Å². The van der Waals surface area contributed by atoms with E-state index in [1.54, 1.807) is 17.0 Å². The van der Waals surface area contributed by atoms with Gasteiger partial charge in [-0.15, -0.1) is 0 Å². The Morgan fingerprint density at radius 1 is 0.960 bits per heavy atom. The van der Waals surface area contributed by atoms with Crippen LogP contribution >= 0.6 is 0 Å². The highest BCUT2D eigenvalue weighted by molar-refractivity contribution is 7.90. The Morgan fingerprint density at radius 2 is 1.64 bits per heavy atom. The van der Waals surface area contributed by atoms with E-state index >= 15 is 0 Å². The van der Waals surface area contributed by atoms with Crippen molar-refractivity contribution in [3.63, 3.8) is 0 Å². The maximum atomic E-state index is 12.7. The molecule has 1 fully saturated rings. The number of anilines is 1. The SMILES string of the molecule is Cc1cccc(N2CCN(C(=O)c3cccc(S(C)(=O)=O)c3)CC2)c1. The lowest BCUT2D eigenvalue weighted by Gasteiger charge is -2.36. The van der Waals surface area contributed by atoms with Crippen LogP contribution in [-0.4, -0.2) is 51.7 Å². The van der Waals surface area contributed by atoms with E-state index < -0.39 is 9.84 Å². The van der Waals surface area contributed by atoms with Gasteiger partial charge in [0.1, 0.15) is 0 Å². The third kappa shape index (κ3) is 4.02. The van der Waals surface area contributed by atoms with Crippen molar-refractivity contribution in [3.05, 3.63) is 59.7 Å². The molecule has 0 bridgehead atoms. The second kappa shape index (κ2) is 6.88. The summed E-state index contributed by atoms with van der Waals surface area (Å²) in [5.41, 5.74) is 2.81. The van der Waals surface area contributed by atoms with Gasteiger partial charge in [-0.2, -0.15) is 0 Å². The molecule has 0 spiro atoms. The molecule has 0 aromatic heterocycles. The average molecular weight is 358 g/mol. The number of hydrogen-bond donors (Lipinski definition) is 0. The van der Waals surface area contributed by atoms with E-state index in [2.05, 4.69) is 30.0 Å². The van der Waals surface area contributed by atoms with Gasteiger partial charge in [-0.1, -0.05) is 18.2 Å². The molecule has 25 heavy (non-hydrogen) atoms. The van der Waals surface area contributed by atoms with Gasteiger partial charge in [-0.25, -0.2) is 8.42 Å². The minimum atomic E-state index is -3.32. The van der Waals surface area contributed by atoms with Crippen molar-refractivity contribution in [1.82, 2.24) is 4.90 Å². The van der Waals surface area contributed by atoms with Gasteiger partial charge in [0, 0.05) is 43.7 Å². The minimum absolute atomic E-state index is 0.116. The summed E-state index contributed by atoms with van der Waals surface area (Å²) in [4.78, 5) is 16.9. The second-order valence-electron chi connectivity index (χ2n) is 6.42. The van der Waals surface area contributed by atoms with Crippen molar-refractivity contribution in [1.29, 1.82) is 0 Å². The summed E-state index contributed by atoms with van der Waals surface area (Å²) < 4.78 is 23.4. The second-order valence-corrected chi connectivity index (χ2v) is 8.43. The van der Waals surface area contributed by atoms with Crippen molar-refractivity contribution in [3.8, 4) is 0 Å². The molecule has 1 aliphatic rings. The standard InChI is InChI=1S/C19H22N2O3S/c1-15-5-3-7-17(13-15)20-9-11-21(12-10-20)19(22)16-6-4-8-18(14-16)25(2,23)24/h3-8,13-14H,9-12H2,1-2H3. The van der Waals surface area contributed by atoms with Crippen LogP contribution in [0.15, 0.2) is 53.4 Å². The summed E-state index contributed by atoms with van der Waals surface area (Å²) in [6.45, 7) is 4.84. The van der Waals surface area contributed by atoms with Crippen LogP contribution in [0.5, 0.6) is 0 Å². The number of benzene rings is 2. The molecule has 0 atom stereocenters. The first-order chi connectivity index (χ1) is 11.8. The number of rotatable bonds is 3. The van der Waals surface area contributed by atoms with E-state index in [1.165, 1.54) is 23.4 Å². The van der Waals surface area contributed by atoms with Gasteiger partial charge in [-0.05, 0) is 42.8 Å². The summed E-state index contributed by atoms with van der Waals surface area (Å²) >= 11 is 0. The fourth-order valence-corrected chi connectivity index (χ4v) is 3.70. The topological polar surface area (TPSA) is 57.7 Å². The Hall–Kier alpha value is -2.34. The molecule has 0 aliphatic carbocycles. The highest BCUT2D eigenvalue weighted by atomic mass is 32.2. The monoisotopic (exact) mass is 358 g/mol. The van der Waals surface area contributed by atoms with Crippen LogP contribution in [-0.2, 0) is 9.84 Å². The van der Waals surface area contributed by atoms with Crippen LogP contribution < -0.4 is 4.90 Å². The van der Waals surface area contributed by atoms with Gasteiger partial charge in [-0.3, -0.25) is 4.79 Å². The van der Waals surface area contributed by atoms with Gasteiger partial charge in [0.25, 0.3) is 5.91 Å². The van der Waals surface area contributed by atoms with Gasteiger partial charge >= 0.3 is 0 Å². The number of amides is 1. The van der Waals surface area contributed by atoms with E-state index in [1.807, 2.05) is 6.07 Å². The maximum Gasteiger partial charge on any atom is 0.254 e. The van der Waals surface area contributed by atoms with Gasteiger partial charge in [0.05, 0.1) is 4.90 Å². The molecule has 3 rings (SSSR count). The predicted molar refractivity (Wildman–Crippen MR) is 98.8 cm³/mol. The zero-order valence-electron chi connectivity index (χ0n) is 14.5. The summed E-state index contributed by atoms with van der Waals surface area (Å²) in [5, 5.41) is 0. The Morgan fingerprint density at radius 3 is 2.28 bits per heavy atom. The Kier molecular flexibility index (Phi) is 4.81. The molecule has 2 aromatic carbocycles. The van der Waals surface area contributed by atoms with Gasteiger partial charge < -0.3 is 9.80 Å². The molecule has 0 unspecified atom stereocenters. The van der Waals surface area contributed by atoms with Crippen molar-refractivity contribution in [2.75, 3.05) is 37.3 Å². The maximum absolute atomic E-state index is 12.7. The normalized spacial score (nSPS) is 15.3. The first-order valence-electron chi connectivity index (χ1n) is 8.25. The fourth-order valence-electron chi connectivity index (χ4n) is 3.03. The number of hydrogen-bond acceptors (Lipinski definition) is 4. The summed E-state index contributed by atoms with van der Waals surface area (Å²) in [6.07, 6.45) is 1.15. The van der Waals surface area contributed by atoms with Crippen LogP contribution in [0.1, 0.15) is 15.9 Å². The van der Waals surface area contributed by atoms with Crippen molar-refractivity contribution in [2.45, 2.75) is 11.8 Å². The molecule has 132 valence electrons. The van der Waals surface area contributed by atoms with E-state index in [-0.39, 0.29) is 10.8 Å². The lowest BCUT2D eigenvalue weighted by atomic mass is 10.1. The highest BCUT2D eigenvalue weighted by Gasteiger charge is 2.23. The summed E-state index contributed by atoms with van der Waals surface area (Å²) in [7, 11) is -3.32. The molecule has 1 heterocycles. The molecule has 2 aromatic rings.